The molecule has 0 aliphatic carbocycles. The second-order valence-electron chi connectivity index (χ2n) is 5.15. The van der Waals surface area contributed by atoms with Crippen molar-refractivity contribution in [3.63, 3.8) is 0 Å². The molecule has 5 heteroatoms. The summed E-state index contributed by atoms with van der Waals surface area (Å²) in [5.74, 6) is 0.849. The molecule has 0 spiro atoms. The van der Waals surface area contributed by atoms with Gasteiger partial charge in [-0.2, -0.15) is 0 Å². The molecule has 1 heterocycles. The normalized spacial score (nSPS) is 19.5. The summed E-state index contributed by atoms with van der Waals surface area (Å²) in [5, 5.41) is 3.58. The third kappa shape index (κ3) is 3.97. The van der Waals surface area contributed by atoms with Crippen molar-refractivity contribution in [2.24, 2.45) is 0 Å². The van der Waals surface area contributed by atoms with Gasteiger partial charge in [-0.3, -0.25) is 4.90 Å². The Kier molecular flexibility index (Phi) is 6.33. The number of ether oxygens (including phenoxy) is 1. The van der Waals surface area contributed by atoms with Gasteiger partial charge in [-0.1, -0.05) is 6.92 Å². The number of likely N-dealkylation sites (N-methyl/N-ethyl adjacent to an activating group) is 1. The molecule has 20 heavy (non-hydrogen) atoms. The predicted octanol–water partition coefficient (Wildman–Crippen LogP) is 3.79. The number of halogens is 2. The molecule has 1 aromatic carbocycles. The molecule has 0 amide bonds. The van der Waals surface area contributed by atoms with Crippen LogP contribution in [0.2, 0.25) is 0 Å². The number of benzene rings is 1. The number of rotatable bonds is 6. The quantitative estimate of drug-likeness (QED) is 0.778. The zero-order valence-electron chi connectivity index (χ0n) is 12.1. The van der Waals surface area contributed by atoms with Crippen molar-refractivity contribution in [2.45, 2.75) is 32.4 Å². The Labute approximate surface area is 138 Å². The van der Waals surface area contributed by atoms with Crippen LogP contribution in [-0.2, 0) is 6.54 Å². The van der Waals surface area contributed by atoms with Crippen LogP contribution >= 0.6 is 31.9 Å². The molecule has 1 aromatic rings. The van der Waals surface area contributed by atoms with Gasteiger partial charge in [0.15, 0.2) is 0 Å². The lowest BCUT2D eigenvalue weighted by atomic mass is 10.2. The third-order valence-electron chi connectivity index (χ3n) is 3.88. The smallest absolute Gasteiger partial charge is 0.147 e. The van der Waals surface area contributed by atoms with Crippen molar-refractivity contribution in [2.75, 3.05) is 26.7 Å². The van der Waals surface area contributed by atoms with Crippen molar-refractivity contribution < 1.29 is 4.74 Å². The van der Waals surface area contributed by atoms with E-state index in [9.17, 15) is 0 Å². The van der Waals surface area contributed by atoms with Crippen molar-refractivity contribution in [1.82, 2.24) is 10.2 Å². The van der Waals surface area contributed by atoms with E-state index < -0.39 is 0 Å². The molecule has 1 aliphatic heterocycles. The van der Waals surface area contributed by atoms with Gasteiger partial charge < -0.3 is 10.1 Å². The largest absolute Gasteiger partial charge is 0.494 e. The maximum absolute atomic E-state index is 5.32. The minimum Gasteiger partial charge on any atom is -0.494 e. The average Bonchev–Trinajstić information content (AvgIpc) is 2.86. The van der Waals surface area contributed by atoms with E-state index in [0.29, 0.717) is 6.04 Å². The van der Waals surface area contributed by atoms with E-state index >= 15 is 0 Å². The highest BCUT2D eigenvalue weighted by atomic mass is 79.9. The van der Waals surface area contributed by atoms with Gasteiger partial charge in [0.25, 0.3) is 0 Å². The zero-order valence-corrected chi connectivity index (χ0v) is 15.3. The van der Waals surface area contributed by atoms with Crippen LogP contribution in [0.4, 0.5) is 0 Å². The fourth-order valence-corrected chi connectivity index (χ4v) is 4.44. The molecule has 0 unspecified atom stereocenters. The lowest BCUT2D eigenvalue weighted by Gasteiger charge is -2.23. The first kappa shape index (κ1) is 16.3. The molecule has 1 aliphatic rings. The summed E-state index contributed by atoms with van der Waals surface area (Å²) >= 11 is 7.09. The highest BCUT2D eigenvalue weighted by molar-refractivity contribution is 9.11. The first-order valence-electron chi connectivity index (χ1n) is 7.12. The second-order valence-corrected chi connectivity index (χ2v) is 6.86. The lowest BCUT2D eigenvalue weighted by molar-refractivity contribution is 0.260. The van der Waals surface area contributed by atoms with Crippen molar-refractivity contribution >= 4 is 31.9 Å². The highest BCUT2D eigenvalue weighted by Gasteiger charge is 2.22. The molecule has 0 aromatic heterocycles. The maximum atomic E-state index is 5.32. The van der Waals surface area contributed by atoms with Crippen LogP contribution in [-0.4, -0.2) is 37.7 Å². The van der Waals surface area contributed by atoms with Gasteiger partial charge in [0.2, 0.25) is 0 Å². The second kappa shape index (κ2) is 7.78. The van der Waals surface area contributed by atoms with E-state index in [2.05, 4.69) is 61.1 Å². The van der Waals surface area contributed by atoms with E-state index in [0.717, 1.165) is 34.3 Å². The lowest BCUT2D eigenvalue weighted by Crippen LogP contribution is -2.37. The zero-order chi connectivity index (χ0) is 14.5. The van der Waals surface area contributed by atoms with Crippen LogP contribution in [0.1, 0.15) is 25.3 Å². The molecule has 1 fully saturated rings. The maximum Gasteiger partial charge on any atom is 0.147 e. The Balaban J connectivity index is 1.88. The van der Waals surface area contributed by atoms with Gasteiger partial charge >= 0.3 is 0 Å². The molecule has 0 bridgehead atoms. The van der Waals surface area contributed by atoms with Gasteiger partial charge in [-0.15, -0.1) is 0 Å². The summed E-state index contributed by atoms with van der Waals surface area (Å²) in [5.41, 5.74) is 1.26. The average molecular weight is 406 g/mol. The van der Waals surface area contributed by atoms with Gasteiger partial charge in [-0.25, -0.2) is 0 Å². The number of likely N-dealkylation sites (tertiary alicyclic amines) is 1. The van der Waals surface area contributed by atoms with Gasteiger partial charge in [-0.05, 0) is 75.5 Å². The molecular formula is C15H22Br2N2O. The summed E-state index contributed by atoms with van der Waals surface area (Å²) in [7, 11) is 1.68. The van der Waals surface area contributed by atoms with Crippen LogP contribution in [0.15, 0.2) is 21.1 Å². The molecule has 0 saturated carbocycles. The molecule has 2 rings (SSSR count). The Morgan fingerprint density at radius 2 is 2.05 bits per heavy atom. The Morgan fingerprint density at radius 3 is 2.65 bits per heavy atom. The number of nitrogens with zero attached hydrogens (tertiary/aromatic N) is 1. The van der Waals surface area contributed by atoms with E-state index in [1.54, 1.807) is 7.11 Å². The number of hydrogen-bond donors (Lipinski definition) is 1. The van der Waals surface area contributed by atoms with E-state index in [1.807, 2.05) is 0 Å². The first-order valence-corrected chi connectivity index (χ1v) is 8.71. The fourth-order valence-electron chi connectivity index (χ4n) is 2.84. The van der Waals surface area contributed by atoms with Crippen molar-refractivity contribution in [3.05, 3.63) is 26.6 Å². The number of hydrogen-bond acceptors (Lipinski definition) is 3. The topological polar surface area (TPSA) is 24.5 Å². The minimum atomic E-state index is 0.699. The predicted molar refractivity (Wildman–Crippen MR) is 90.4 cm³/mol. The summed E-state index contributed by atoms with van der Waals surface area (Å²) in [6, 6.07) is 4.93. The Morgan fingerprint density at radius 1 is 1.35 bits per heavy atom. The van der Waals surface area contributed by atoms with E-state index in [-0.39, 0.29) is 0 Å². The van der Waals surface area contributed by atoms with Crippen LogP contribution in [0.5, 0.6) is 5.75 Å². The van der Waals surface area contributed by atoms with Crippen molar-refractivity contribution in [3.8, 4) is 5.75 Å². The monoisotopic (exact) mass is 404 g/mol. The standard InChI is InChI=1S/C15H22Br2N2O/c1-3-19-6-4-5-12(19)10-18-9-11-7-13(16)15(20-2)14(17)8-11/h7-8,12,18H,3-6,9-10H2,1-2H3/t12-/m0/s1. The SMILES string of the molecule is CCN1CCC[C@H]1CNCc1cc(Br)c(OC)c(Br)c1. The van der Waals surface area contributed by atoms with Crippen LogP contribution in [0.25, 0.3) is 0 Å². The Hall–Kier alpha value is -0.100. The van der Waals surface area contributed by atoms with Crippen molar-refractivity contribution in [1.29, 1.82) is 0 Å². The molecule has 3 nitrogen and oxygen atoms in total. The summed E-state index contributed by atoms with van der Waals surface area (Å²) in [4.78, 5) is 2.56. The van der Waals surface area contributed by atoms with Gasteiger partial charge in [0.05, 0.1) is 16.1 Å². The summed E-state index contributed by atoms with van der Waals surface area (Å²) in [6.07, 6.45) is 2.65. The highest BCUT2D eigenvalue weighted by Crippen LogP contribution is 2.34. The molecule has 112 valence electrons. The van der Waals surface area contributed by atoms with Gasteiger partial charge in [0.1, 0.15) is 5.75 Å². The van der Waals surface area contributed by atoms with Crippen LogP contribution < -0.4 is 10.1 Å². The number of nitrogens with one attached hydrogen (secondary N) is 1. The third-order valence-corrected chi connectivity index (χ3v) is 5.05. The number of methoxy groups -OCH3 is 1. The van der Waals surface area contributed by atoms with E-state index in [4.69, 9.17) is 4.74 Å². The molecule has 1 saturated heterocycles. The minimum absolute atomic E-state index is 0.699. The fraction of sp³-hybridized carbons (Fsp3) is 0.600. The first-order chi connectivity index (χ1) is 9.65. The Bertz CT molecular complexity index is 430. The summed E-state index contributed by atoms with van der Waals surface area (Å²) in [6.45, 7) is 6.61. The molecular weight excluding hydrogens is 384 g/mol. The molecule has 1 atom stereocenters. The van der Waals surface area contributed by atoms with E-state index in [1.165, 1.54) is 24.9 Å². The summed E-state index contributed by atoms with van der Waals surface area (Å²) < 4.78 is 7.30. The molecule has 1 N–H and O–H groups in total. The molecule has 0 radical (unpaired) electrons. The van der Waals surface area contributed by atoms with Gasteiger partial charge in [0, 0.05) is 19.1 Å². The van der Waals surface area contributed by atoms with Crippen LogP contribution in [0, 0.1) is 0 Å². The van der Waals surface area contributed by atoms with Crippen LogP contribution in [0.3, 0.4) is 0 Å².